The number of amides is 1. The van der Waals surface area contributed by atoms with E-state index in [2.05, 4.69) is 15.0 Å². The summed E-state index contributed by atoms with van der Waals surface area (Å²) in [5, 5.41) is 0. The van der Waals surface area contributed by atoms with Crippen LogP contribution in [0, 0.1) is 0 Å². The third-order valence-electron chi connectivity index (χ3n) is 2.54. The molecule has 0 saturated heterocycles. The third-order valence-corrected chi connectivity index (χ3v) is 2.54. The van der Waals surface area contributed by atoms with Crippen molar-refractivity contribution in [1.82, 2.24) is 14.9 Å². The summed E-state index contributed by atoms with van der Waals surface area (Å²) in [7, 11) is 3.49. The summed E-state index contributed by atoms with van der Waals surface area (Å²) in [6, 6.07) is 6.70. The Morgan fingerprint density at radius 3 is 2.55 bits per heavy atom. The molecule has 0 aromatic carbocycles. The Balaban J connectivity index is 2.32. The van der Waals surface area contributed by atoms with Crippen LogP contribution in [0.3, 0.4) is 0 Å². The average molecular weight is 270 g/mol. The Morgan fingerprint density at radius 2 is 1.95 bits per heavy atom. The van der Waals surface area contributed by atoms with Crippen molar-refractivity contribution in [2.75, 3.05) is 14.1 Å². The van der Waals surface area contributed by atoms with E-state index in [1.807, 2.05) is 0 Å². The van der Waals surface area contributed by atoms with Crippen LogP contribution < -0.4 is 5.56 Å². The van der Waals surface area contributed by atoms with Gasteiger partial charge in [0.15, 0.2) is 0 Å². The number of aliphatic imine (C=N–C) groups is 1. The first-order valence-corrected chi connectivity index (χ1v) is 5.96. The van der Waals surface area contributed by atoms with Crippen LogP contribution in [0.15, 0.2) is 46.4 Å². The molecule has 2 aromatic heterocycles. The summed E-state index contributed by atoms with van der Waals surface area (Å²) >= 11 is 0. The van der Waals surface area contributed by atoms with E-state index in [9.17, 15) is 9.59 Å². The summed E-state index contributed by atoms with van der Waals surface area (Å²) in [5.74, 6) is -0.568. The smallest absolute Gasteiger partial charge is 0.283 e. The predicted octanol–water partition coefficient (Wildman–Crippen LogP) is 1.17. The second-order valence-electron chi connectivity index (χ2n) is 4.36. The summed E-state index contributed by atoms with van der Waals surface area (Å²) in [4.78, 5) is 35.6. The molecule has 20 heavy (non-hydrogen) atoms. The highest BCUT2D eigenvalue weighted by molar-refractivity contribution is 5.98. The number of carbonyl (C=O) groups excluding carboxylic acids is 1. The van der Waals surface area contributed by atoms with Crippen molar-refractivity contribution in [1.29, 1.82) is 0 Å². The molecule has 0 spiro atoms. The fraction of sp³-hybridized carbons (Fsp3) is 0.143. The molecule has 2 heterocycles. The minimum absolute atomic E-state index is 0.0147. The van der Waals surface area contributed by atoms with Crippen LogP contribution in [0.2, 0.25) is 0 Å². The highest BCUT2D eigenvalue weighted by Gasteiger charge is 2.10. The van der Waals surface area contributed by atoms with Crippen molar-refractivity contribution in [3.05, 3.63) is 52.6 Å². The summed E-state index contributed by atoms with van der Waals surface area (Å²) in [5.41, 5.74) is 1.01. The molecule has 1 amide bonds. The monoisotopic (exact) mass is 270 g/mol. The van der Waals surface area contributed by atoms with Crippen LogP contribution in [0.25, 0.3) is 11.3 Å². The first-order valence-electron chi connectivity index (χ1n) is 5.96. The largest absolute Gasteiger partial charge is 0.369 e. The van der Waals surface area contributed by atoms with Crippen LogP contribution in [0.4, 0.5) is 0 Å². The van der Waals surface area contributed by atoms with Gasteiger partial charge < -0.3 is 9.88 Å². The van der Waals surface area contributed by atoms with E-state index in [1.54, 1.807) is 49.6 Å². The van der Waals surface area contributed by atoms with Gasteiger partial charge in [0.1, 0.15) is 5.56 Å². The number of nitrogens with zero attached hydrogens (tertiary/aromatic N) is 3. The van der Waals surface area contributed by atoms with Gasteiger partial charge in [-0.2, -0.15) is 4.99 Å². The summed E-state index contributed by atoms with van der Waals surface area (Å²) < 4.78 is 0. The first-order chi connectivity index (χ1) is 9.58. The topological polar surface area (TPSA) is 78.4 Å². The Hall–Kier alpha value is -2.76. The molecular formula is C14H14N4O2. The Bertz CT molecular complexity index is 690. The minimum atomic E-state index is -0.568. The Morgan fingerprint density at radius 1 is 1.25 bits per heavy atom. The Kier molecular flexibility index (Phi) is 4.05. The van der Waals surface area contributed by atoms with Gasteiger partial charge in [0.25, 0.3) is 11.5 Å². The number of hydrogen-bond donors (Lipinski definition) is 1. The van der Waals surface area contributed by atoms with E-state index in [4.69, 9.17) is 0 Å². The van der Waals surface area contributed by atoms with E-state index in [0.717, 1.165) is 5.56 Å². The average Bonchev–Trinajstić information content (AvgIpc) is 2.45. The first kappa shape index (κ1) is 13.7. The zero-order chi connectivity index (χ0) is 14.5. The van der Waals surface area contributed by atoms with Crippen LogP contribution in [0.5, 0.6) is 0 Å². The van der Waals surface area contributed by atoms with Crippen molar-refractivity contribution in [3.63, 3.8) is 0 Å². The predicted molar refractivity (Wildman–Crippen MR) is 76.8 cm³/mol. The van der Waals surface area contributed by atoms with Gasteiger partial charge >= 0.3 is 0 Å². The summed E-state index contributed by atoms with van der Waals surface area (Å²) in [6.45, 7) is 0. The number of pyridine rings is 2. The number of carbonyl (C=O) groups is 1. The van der Waals surface area contributed by atoms with Crippen molar-refractivity contribution in [3.8, 4) is 11.3 Å². The molecule has 0 bridgehead atoms. The molecule has 0 atom stereocenters. The Labute approximate surface area is 115 Å². The van der Waals surface area contributed by atoms with Gasteiger partial charge in [-0.15, -0.1) is 0 Å². The van der Waals surface area contributed by atoms with Crippen LogP contribution in [-0.4, -0.2) is 41.2 Å². The lowest BCUT2D eigenvalue weighted by Gasteiger charge is -2.03. The molecule has 0 fully saturated rings. The summed E-state index contributed by atoms with van der Waals surface area (Å²) in [6.07, 6.45) is 4.63. The zero-order valence-electron chi connectivity index (χ0n) is 11.2. The maximum atomic E-state index is 11.9. The molecule has 6 nitrogen and oxygen atoms in total. The van der Waals surface area contributed by atoms with E-state index in [1.165, 1.54) is 12.4 Å². The number of nitrogens with one attached hydrogen (secondary N) is 1. The minimum Gasteiger partial charge on any atom is -0.369 e. The van der Waals surface area contributed by atoms with Crippen molar-refractivity contribution >= 4 is 12.2 Å². The fourth-order valence-corrected chi connectivity index (χ4v) is 1.58. The van der Waals surface area contributed by atoms with Gasteiger partial charge in [-0.3, -0.25) is 14.6 Å². The van der Waals surface area contributed by atoms with Crippen LogP contribution in [-0.2, 0) is 0 Å². The molecule has 6 heteroatoms. The van der Waals surface area contributed by atoms with Gasteiger partial charge in [0, 0.05) is 37.7 Å². The van der Waals surface area contributed by atoms with Gasteiger partial charge in [-0.25, -0.2) is 0 Å². The molecule has 0 aliphatic carbocycles. The molecule has 102 valence electrons. The number of aromatic amines is 1. The maximum Gasteiger partial charge on any atom is 0.283 e. The molecule has 2 rings (SSSR count). The molecule has 0 unspecified atom stereocenters. The van der Waals surface area contributed by atoms with Gasteiger partial charge in [0.2, 0.25) is 0 Å². The van der Waals surface area contributed by atoms with Crippen LogP contribution >= 0.6 is 0 Å². The molecule has 1 N–H and O–H groups in total. The van der Waals surface area contributed by atoms with E-state index in [-0.39, 0.29) is 5.56 Å². The lowest BCUT2D eigenvalue weighted by Crippen LogP contribution is -2.18. The highest BCUT2D eigenvalue weighted by atomic mass is 16.2. The van der Waals surface area contributed by atoms with E-state index >= 15 is 0 Å². The van der Waals surface area contributed by atoms with Crippen molar-refractivity contribution in [2.45, 2.75) is 0 Å². The van der Waals surface area contributed by atoms with Crippen molar-refractivity contribution < 1.29 is 4.79 Å². The molecule has 0 radical (unpaired) electrons. The quantitative estimate of drug-likeness (QED) is 0.670. The molecule has 2 aromatic rings. The lowest BCUT2D eigenvalue weighted by molar-refractivity contribution is 0.100. The second kappa shape index (κ2) is 5.92. The standard InChI is InChI=1S/C14H14N4O2/c1-18(2)9-16-13(19)11-3-4-12(17-14(11)20)10-5-7-15-8-6-10/h3-9H,1-2H3,(H,17,20). The lowest BCUT2D eigenvalue weighted by atomic mass is 10.1. The highest BCUT2D eigenvalue weighted by Crippen LogP contribution is 2.13. The maximum absolute atomic E-state index is 11.9. The molecule has 0 aliphatic heterocycles. The molecule has 0 aliphatic rings. The number of H-pyrrole nitrogens is 1. The van der Waals surface area contributed by atoms with Gasteiger partial charge in [0.05, 0.1) is 6.34 Å². The van der Waals surface area contributed by atoms with Gasteiger partial charge in [-0.1, -0.05) is 0 Å². The number of aromatic nitrogens is 2. The third kappa shape index (κ3) is 3.17. The number of hydrogen-bond acceptors (Lipinski definition) is 3. The zero-order valence-corrected chi connectivity index (χ0v) is 11.2. The fourth-order valence-electron chi connectivity index (χ4n) is 1.58. The molecular weight excluding hydrogens is 256 g/mol. The van der Waals surface area contributed by atoms with Crippen LogP contribution in [0.1, 0.15) is 10.4 Å². The normalized spacial score (nSPS) is 10.7. The second-order valence-corrected chi connectivity index (χ2v) is 4.36. The molecule has 0 saturated carbocycles. The SMILES string of the molecule is CN(C)C=NC(=O)c1ccc(-c2ccncc2)[nH]c1=O. The van der Waals surface area contributed by atoms with E-state index < -0.39 is 11.5 Å². The number of rotatable bonds is 3. The van der Waals surface area contributed by atoms with E-state index in [0.29, 0.717) is 5.69 Å². The van der Waals surface area contributed by atoms with Crippen molar-refractivity contribution in [2.24, 2.45) is 4.99 Å². The van der Waals surface area contributed by atoms with Gasteiger partial charge in [-0.05, 0) is 24.3 Å².